The molecule has 1 atom stereocenters. The molecule has 1 fully saturated rings. The van der Waals surface area contributed by atoms with Gasteiger partial charge in [0.05, 0.1) is 12.5 Å². The summed E-state index contributed by atoms with van der Waals surface area (Å²) < 4.78 is 0. The van der Waals surface area contributed by atoms with E-state index in [1.807, 2.05) is 30.4 Å². The lowest BCUT2D eigenvalue weighted by Gasteiger charge is -2.17. The van der Waals surface area contributed by atoms with E-state index in [1.165, 1.54) is 0 Å². The first-order valence-electron chi connectivity index (χ1n) is 5.28. The van der Waals surface area contributed by atoms with E-state index in [9.17, 15) is 9.59 Å². The highest BCUT2D eigenvalue weighted by molar-refractivity contribution is 5.67. The highest BCUT2D eigenvalue weighted by atomic mass is 16.4. The zero-order valence-electron chi connectivity index (χ0n) is 9.09. The summed E-state index contributed by atoms with van der Waals surface area (Å²) in [5, 5.41) is 11.7. The molecule has 1 aliphatic carbocycles. The van der Waals surface area contributed by atoms with Crippen molar-refractivity contribution in [2.24, 2.45) is 0 Å². The van der Waals surface area contributed by atoms with Crippen molar-refractivity contribution in [2.75, 3.05) is 6.54 Å². The summed E-state index contributed by atoms with van der Waals surface area (Å²) in [6.07, 6.45) is 9.37. The summed E-state index contributed by atoms with van der Waals surface area (Å²) in [7, 11) is 0. The number of nitrogens with zero attached hydrogens (tertiary/aromatic N) is 1. The summed E-state index contributed by atoms with van der Waals surface area (Å²) >= 11 is 0. The van der Waals surface area contributed by atoms with E-state index in [0.29, 0.717) is 5.82 Å². The van der Waals surface area contributed by atoms with Crippen LogP contribution in [-0.4, -0.2) is 34.5 Å². The molecule has 17 heavy (non-hydrogen) atoms. The molecule has 88 valence electrons. The standard InChI is InChI=1S/C12H12N2O3/c15-8-11-13-9-4-2-1-3-5-10(9)14(11)7-6-12(16)17/h1-5,9,13H,6-7H2,(H,16,17). The van der Waals surface area contributed by atoms with Crippen LogP contribution in [0.4, 0.5) is 0 Å². The van der Waals surface area contributed by atoms with Gasteiger partial charge in [-0.15, -0.1) is 0 Å². The molecule has 0 saturated carbocycles. The number of hydrogen-bond donors (Lipinski definition) is 2. The Morgan fingerprint density at radius 3 is 3.00 bits per heavy atom. The summed E-state index contributed by atoms with van der Waals surface area (Å²) in [5.74, 6) is 1.21. The van der Waals surface area contributed by atoms with Crippen LogP contribution in [0.5, 0.6) is 0 Å². The Labute approximate surface area is 98.4 Å². The van der Waals surface area contributed by atoms with Crippen LogP contribution in [0.25, 0.3) is 0 Å². The number of carboxylic acids is 1. The number of carbonyl (C=O) groups excluding carboxylic acids is 1. The quantitative estimate of drug-likeness (QED) is 0.690. The first-order chi connectivity index (χ1) is 8.22. The smallest absolute Gasteiger partial charge is 0.305 e. The molecule has 0 radical (unpaired) electrons. The molecular weight excluding hydrogens is 220 g/mol. The number of aliphatic carboxylic acids is 1. The first kappa shape index (κ1) is 11.2. The van der Waals surface area contributed by atoms with Gasteiger partial charge < -0.3 is 15.3 Å². The van der Waals surface area contributed by atoms with Crippen LogP contribution in [0.2, 0.25) is 0 Å². The molecule has 0 aromatic carbocycles. The maximum atomic E-state index is 10.8. The SMILES string of the molecule is O=C=C1NC2C=CC=CC=C2N1CCC(=O)O. The van der Waals surface area contributed by atoms with Gasteiger partial charge in [0.25, 0.3) is 0 Å². The average molecular weight is 232 g/mol. The minimum Gasteiger partial charge on any atom is -0.481 e. The van der Waals surface area contributed by atoms with E-state index < -0.39 is 5.97 Å². The molecule has 0 bridgehead atoms. The molecule has 5 heteroatoms. The van der Waals surface area contributed by atoms with Gasteiger partial charge in [-0.3, -0.25) is 4.79 Å². The minimum absolute atomic E-state index is 0.0235. The number of rotatable bonds is 3. The Morgan fingerprint density at radius 2 is 2.29 bits per heavy atom. The molecule has 0 aromatic rings. The summed E-state index contributed by atoms with van der Waals surface area (Å²) in [6.45, 7) is 0.261. The van der Waals surface area contributed by atoms with Crippen molar-refractivity contribution in [3.8, 4) is 0 Å². The lowest BCUT2D eigenvalue weighted by molar-refractivity contribution is -0.137. The third-order valence-electron chi connectivity index (χ3n) is 2.63. The monoisotopic (exact) mass is 232 g/mol. The van der Waals surface area contributed by atoms with E-state index in [1.54, 1.807) is 10.8 Å². The fourth-order valence-corrected chi connectivity index (χ4v) is 1.86. The molecule has 0 amide bonds. The Bertz CT molecular complexity index is 470. The van der Waals surface area contributed by atoms with Gasteiger partial charge in [0.1, 0.15) is 0 Å². The molecule has 1 unspecified atom stereocenters. The minimum atomic E-state index is -0.890. The molecule has 1 heterocycles. The fraction of sp³-hybridized carbons (Fsp3) is 0.250. The maximum absolute atomic E-state index is 10.8. The van der Waals surface area contributed by atoms with Gasteiger partial charge in [0.2, 0.25) is 0 Å². The second kappa shape index (κ2) is 4.72. The van der Waals surface area contributed by atoms with Crippen molar-refractivity contribution < 1.29 is 14.7 Å². The number of nitrogens with one attached hydrogen (secondary N) is 1. The normalized spacial score (nSPS) is 21.4. The molecular formula is C12H12N2O3. The zero-order valence-corrected chi connectivity index (χ0v) is 9.09. The lowest BCUT2D eigenvalue weighted by Crippen LogP contribution is -2.22. The van der Waals surface area contributed by atoms with Gasteiger partial charge in [-0.2, -0.15) is 0 Å². The van der Waals surface area contributed by atoms with E-state index >= 15 is 0 Å². The molecule has 1 saturated heterocycles. The Kier molecular flexibility index (Phi) is 3.12. The highest BCUT2D eigenvalue weighted by Gasteiger charge is 2.30. The van der Waals surface area contributed by atoms with Crippen molar-refractivity contribution in [1.29, 1.82) is 0 Å². The van der Waals surface area contributed by atoms with Gasteiger partial charge in [0, 0.05) is 12.2 Å². The van der Waals surface area contributed by atoms with Gasteiger partial charge in [0.15, 0.2) is 11.8 Å². The van der Waals surface area contributed by atoms with Gasteiger partial charge in [-0.25, -0.2) is 4.79 Å². The van der Waals surface area contributed by atoms with E-state index in [4.69, 9.17) is 5.11 Å². The van der Waals surface area contributed by atoms with Crippen molar-refractivity contribution in [3.05, 3.63) is 41.9 Å². The van der Waals surface area contributed by atoms with Gasteiger partial charge >= 0.3 is 5.97 Å². The summed E-state index contributed by atoms with van der Waals surface area (Å²) in [4.78, 5) is 23.0. The number of allylic oxidation sites excluding steroid dienone is 4. The van der Waals surface area contributed by atoms with Gasteiger partial charge in [-0.1, -0.05) is 24.3 Å². The molecule has 2 aliphatic rings. The number of fused-ring (bicyclic) bond motifs is 1. The van der Waals surface area contributed by atoms with E-state index in [2.05, 4.69) is 5.32 Å². The van der Waals surface area contributed by atoms with Crippen LogP contribution in [0.3, 0.4) is 0 Å². The molecule has 0 aromatic heterocycles. The average Bonchev–Trinajstić information content (AvgIpc) is 2.47. The number of carboxylic acid groups (broad SMARTS) is 1. The zero-order chi connectivity index (χ0) is 12.3. The van der Waals surface area contributed by atoms with Crippen molar-refractivity contribution in [3.63, 3.8) is 0 Å². The van der Waals surface area contributed by atoms with Crippen LogP contribution in [0.1, 0.15) is 6.42 Å². The third kappa shape index (κ3) is 2.29. The van der Waals surface area contributed by atoms with Crippen LogP contribution >= 0.6 is 0 Å². The topological polar surface area (TPSA) is 69.6 Å². The third-order valence-corrected chi connectivity index (χ3v) is 2.63. The molecule has 2 N–H and O–H groups in total. The Balaban J connectivity index is 2.24. The van der Waals surface area contributed by atoms with Crippen molar-refractivity contribution >= 4 is 11.9 Å². The number of carbonyl (C=O) groups is 1. The second-order valence-corrected chi connectivity index (χ2v) is 3.73. The van der Waals surface area contributed by atoms with Crippen LogP contribution in [-0.2, 0) is 9.59 Å². The lowest BCUT2D eigenvalue weighted by atomic mass is 10.2. The highest BCUT2D eigenvalue weighted by Crippen LogP contribution is 2.24. The predicted octanol–water partition coefficient (Wildman–Crippen LogP) is 0.418. The second-order valence-electron chi connectivity index (χ2n) is 3.73. The first-order valence-corrected chi connectivity index (χ1v) is 5.28. The van der Waals surface area contributed by atoms with E-state index in [0.717, 1.165) is 5.70 Å². The Morgan fingerprint density at radius 1 is 1.47 bits per heavy atom. The molecule has 0 spiro atoms. The Hall–Kier alpha value is -2.26. The van der Waals surface area contributed by atoms with Crippen LogP contribution in [0, 0.1) is 0 Å². The van der Waals surface area contributed by atoms with Crippen LogP contribution < -0.4 is 5.32 Å². The number of hydrogen-bond acceptors (Lipinski definition) is 4. The fourth-order valence-electron chi connectivity index (χ4n) is 1.86. The summed E-state index contributed by atoms with van der Waals surface area (Å²) in [5.41, 5.74) is 0.870. The van der Waals surface area contributed by atoms with Crippen molar-refractivity contribution in [1.82, 2.24) is 10.2 Å². The van der Waals surface area contributed by atoms with Crippen molar-refractivity contribution in [2.45, 2.75) is 12.5 Å². The van der Waals surface area contributed by atoms with Crippen LogP contribution in [0.15, 0.2) is 41.9 Å². The molecule has 5 nitrogen and oxygen atoms in total. The molecule has 2 rings (SSSR count). The van der Waals surface area contributed by atoms with E-state index in [-0.39, 0.29) is 19.0 Å². The largest absolute Gasteiger partial charge is 0.481 e. The predicted molar refractivity (Wildman–Crippen MR) is 61.5 cm³/mol. The molecule has 1 aliphatic heterocycles. The maximum Gasteiger partial charge on any atom is 0.305 e. The summed E-state index contributed by atoms with van der Waals surface area (Å²) in [6, 6.07) is -0.0877. The van der Waals surface area contributed by atoms with Gasteiger partial charge in [-0.05, 0) is 6.08 Å².